The minimum Gasteiger partial charge on any atom is -0.395 e. The average molecular weight is 162 g/mol. The third-order valence-electron chi connectivity index (χ3n) is 1.20. The van der Waals surface area contributed by atoms with Gasteiger partial charge in [0, 0.05) is 19.7 Å². The number of nitrogens with one attached hydrogen (secondary N) is 1. The molecular weight excluding hydrogens is 144 g/mol. The van der Waals surface area contributed by atoms with E-state index in [2.05, 4.69) is 5.32 Å². The number of aliphatic hydroxyl groups is 1. The van der Waals surface area contributed by atoms with Crippen LogP contribution in [0.25, 0.3) is 0 Å². The second-order valence-electron chi connectivity index (χ2n) is 2.23. The summed E-state index contributed by atoms with van der Waals surface area (Å²) in [7, 11) is 0. The smallest absolute Gasteiger partial charge is 0.0590 e. The van der Waals surface area contributed by atoms with Gasteiger partial charge >= 0.3 is 0 Å². The van der Waals surface area contributed by atoms with E-state index in [-0.39, 0.29) is 6.61 Å². The molecule has 0 rings (SSSR count). The predicted octanol–water partition coefficient (Wildman–Crippen LogP) is -1.07. The summed E-state index contributed by atoms with van der Waals surface area (Å²) in [5.41, 5.74) is 5.26. The van der Waals surface area contributed by atoms with Crippen LogP contribution in [-0.2, 0) is 4.74 Å². The standard InChI is InChI=1S/C7H18N2O2/c8-2-1-6-11-7-4-9-3-5-10/h9-10H,1-8H2. The highest BCUT2D eigenvalue weighted by Gasteiger charge is 1.86. The van der Waals surface area contributed by atoms with E-state index in [0.717, 1.165) is 19.6 Å². The fourth-order valence-electron chi connectivity index (χ4n) is 0.636. The Morgan fingerprint density at radius 3 is 2.73 bits per heavy atom. The number of hydrogen-bond acceptors (Lipinski definition) is 4. The maximum absolute atomic E-state index is 8.39. The highest BCUT2D eigenvalue weighted by molar-refractivity contribution is 4.43. The third-order valence-corrected chi connectivity index (χ3v) is 1.20. The van der Waals surface area contributed by atoms with Crippen molar-refractivity contribution in [2.24, 2.45) is 5.73 Å². The number of rotatable bonds is 8. The number of ether oxygens (including phenoxy) is 1. The Morgan fingerprint density at radius 1 is 1.27 bits per heavy atom. The normalized spacial score (nSPS) is 10.4. The van der Waals surface area contributed by atoms with E-state index in [0.29, 0.717) is 19.7 Å². The van der Waals surface area contributed by atoms with Gasteiger partial charge in [-0.05, 0) is 13.0 Å². The van der Waals surface area contributed by atoms with Gasteiger partial charge in [-0.1, -0.05) is 0 Å². The zero-order valence-electron chi connectivity index (χ0n) is 6.88. The zero-order chi connectivity index (χ0) is 8.36. The van der Waals surface area contributed by atoms with Crippen molar-refractivity contribution in [3.8, 4) is 0 Å². The van der Waals surface area contributed by atoms with E-state index in [9.17, 15) is 0 Å². The molecule has 4 nitrogen and oxygen atoms in total. The van der Waals surface area contributed by atoms with Crippen LogP contribution in [0.4, 0.5) is 0 Å². The molecule has 0 aromatic rings. The molecule has 4 N–H and O–H groups in total. The molecule has 4 heteroatoms. The minimum atomic E-state index is 0.183. The van der Waals surface area contributed by atoms with Gasteiger partial charge in [-0.3, -0.25) is 0 Å². The lowest BCUT2D eigenvalue weighted by Gasteiger charge is -2.03. The Balaban J connectivity index is 2.69. The number of hydrogen-bond donors (Lipinski definition) is 3. The number of aliphatic hydroxyl groups excluding tert-OH is 1. The van der Waals surface area contributed by atoms with Crippen LogP contribution in [0.3, 0.4) is 0 Å². The first-order valence-corrected chi connectivity index (χ1v) is 4.01. The van der Waals surface area contributed by atoms with Gasteiger partial charge in [-0.25, -0.2) is 0 Å². The van der Waals surface area contributed by atoms with Crippen molar-refractivity contribution in [1.82, 2.24) is 5.32 Å². The van der Waals surface area contributed by atoms with E-state index < -0.39 is 0 Å². The molecule has 0 radical (unpaired) electrons. The molecule has 0 unspecified atom stereocenters. The summed E-state index contributed by atoms with van der Waals surface area (Å²) >= 11 is 0. The maximum atomic E-state index is 8.39. The average Bonchev–Trinajstić information content (AvgIpc) is 2.03. The first-order valence-electron chi connectivity index (χ1n) is 4.01. The van der Waals surface area contributed by atoms with Crippen LogP contribution >= 0.6 is 0 Å². The fraction of sp³-hybridized carbons (Fsp3) is 1.00. The molecule has 0 saturated carbocycles. The van der Waals surface area contributed by atoms with Gasteiger partial charge in [-0.2, -0.15) is 0 Å². The second kappa shape index (κ2) is 9.84. The molecule has 0 amide bonds. The quantitative estimate of drug-likeness (QED) is 0.398. The molecule has 0 bridgehead atoms. The molecule has 11 heavy (non-hydrogen) atoms. The summed E-state index contributed by atoms with van der Waals surface area (Å²) in [6, 6.07) is 0. The largest absolute Gasteiger partial charge is 0.395 e. The van der Waals surface area contributed by atoms with Crippen LogP contribution in [0.2, 0.25) is 0 Å². The predicted molar refractivity (Wildman–Crippen MR) is 44.4 cm³/mol. The van der Waals surface area contributed by atoms with Crippen molar-refractivity contribution in [2.75, 3.05) is 39.5 Å². The van der Waals surface area contributed by atoms with Crippen molar-refractivity contribution in [3.63, 3.8) is 0 Å². The summed E-state index contributed by atoms with van der Waals surface area (Å²) in [5.74, 6) is 0. The third kappa shape index (κ3) is 9.84. The van der Waals surface area contributed by atoms with Gasteiger partial charge < -0.3 is 20.9 Å². The van der Waals surface area contributed by atoms with Crippen LogP contribution < -0.4 is 11.1 Å². The first kappa shape index (κ1) is 10.8. The highest BCUT2D eigenvalue weighted by Crippen LogP contribution is 1.77. The number of nitrogens with two attached hydrogens (primary N) is 1. The summed E-state index contributed by atoms with van der Waals surface area (Å²) in [6.07, 6.45) is 0.917. The lowest BCUT2D eigenvalue weighted by molar-refractivity contribution is 0.133. The molecular formula is C7H18N2O2. The van der Waals surface area contributed by atoms with E-state index in [1.54, 1.807) is 0 Å². The van der Waals surface area contributed by atoms with E-state index in [1.165, 1.54) is 0 Å². The Kier molecular flexibility index (Phi) is 9.70. The van der Waals surface area contributed by atoms with Crippen molar-refractivity contribution >= 4 is 0 Å². The Hall–Kier alpha value is -0.160. The summed E-state index contributed by atoms with van der Waals surface area (Å²) in [6.45, 7) is 3.73. The second-order valence-corrected chi connectivity index (χ2v) is 2.23. The topological polar surface area (TPSA) is 67.5 Å². The van der Waals surface area contributed by atoms with E-state index in [1.807, 2.05) is 0 Å². The molecule has 0 atom stereocenters. The molecule has 0 spiro atoms. The Bertz CT molecular complexity index is 63.5. The van der Waals surface area contributed by atoms with Gasteiger partial charge in [0.2, 0.25) is 0 Å². The monoisotopic (exact) mass is 162 g/mol. The molecule has 0 saturated heterocycles. The van der Waals surface area contributed by atoms with Crippen LogP contribution in [0.1, 0.15) is 6.42 Å². The van der Waals surface area contributed by atoms with E-state index in [4.69, 9.17) is 15.6 Å². The van der Waals surface area contributed by atoms with Gasteiger partial charge in [-0.15, -0.1) is 0 Å². The van der Waals surface area contributed by atoms with Gasteiger partial charge in [0.05, 0.1) is 13.2 Å². The minimum absolute atomic E-state index is 0.183. The molecule has 0 fully saturated rings. The molecule has 0 heterocycles. The Morgan fingerprint density at radius 2 is 2.09 bits per heavy atom. The summed E-state index contributed by atoms with van der Waals surface area (Å²) < 4.78 is 5.20. The van der Waals surface area contributed by atoms with Crippen molar-refractivity contribution < 1.29 is 9.84 Å². The van der Waals surface area contributed by atoms with Gasteiger partial charge in [0.1, 0.15) is 0 Å². The SMILES string of the molecule is NCCCOCCNCCO. The van der Waals surface area contributed by atoms with Gasteiger partial charge in [0.25, 0.3) is 0 Å². The lowest BCUT2D eigenvalue weighted by Crippen LogP contribution is -2.23. The van der Waals surface area contributed by atoms with Crippen LogP contribution in [0.15, 0.2) is 0 Å². The van der Waals surface area contributed by atoms with Crippen LogP contribution in [-0.4, -0.2) is 44.6 Å². The zero-order valence-corrected chi connectivity index (χ0v) is 6.88. The van der Waals surface area contributed by atoms with Crippen molar-refractivity contribution in [2.45, 2.75) is 6.42 Å². The summed E-state index contributed by atoms with van der Waals surface area (Å²) in [4.78, 5) is 0. The lowest BCUT2D eigenvalue weighted by atomic mass is 10.5. The molecule has 68 valence electrons. The van der Waals surface area contributed by atoms with E-state index >= 15 is 0 Å². The van der Waals surface area contributed by atoms with Crippen molar-refractivity contribution in [3.05, 3.63) is 0 Å². The van der Waals surface area contributed by atoms with Crippen molar-refractivity contribution in [1.29, 1.82) is 0 Å². The Labute approximate surface area is 67.7 Å². The molecule has 0 aliphatic heterocycles. The fourth-order valence-corrected chi connectivity index (χ4v) is 0.636. The van der Waals surface area contributed by atoms with Crippen LogP contribution in [0, 0.1) is 0 Å². The summed E-state index contributed by atoms with van der Waals surface area (Å²) in [5, 5.41) is 11.4. The van der Waals surface area contributed by atoms with Crippen LogP contribution in [0.5, 0.6) is 0 Å². The first-order chi connectivity index (χ1) is 5.41. The maximum Gasteiger partial charge on any atom is 0.0590 e. The highest BCUT2D eigenvalue weighted by atomic mass is 16.5. The van der Waals surface area contributed by atoms with Gasteiger partial charge in [0.15, 0.2) is 0 Å². The molecule has 0 aromatic carbocycles. The molecule has 0 aliphatic carbocycles. The molecule has 0 aromatic heterocycles. The molecule has 0 aliphatic rings.